The van der Waals surface area contributed by atoms with Crippen molar-refractivity contribution in [2.75, 3.05) is 24.8 Å². The van der Waals surface area contributed by atoms with E-state index in [2.05, 4.69) is 5.32 Å². The van der Waals surface area contributed by atoms with Gasteiger partial charge in [0.1, 0.15) is 17.5 Å². The van der Waals surface area contributed by atoms with Crippen LogP contribution in [0.25, 0.3) is 0 Å². The summed E-state index contributed by atoms with van der Waals surface area (Å²) in [5.74, 6) is 0.350. The SMILES string of the molecule is COc1ccc(OC)c(N([C@H](C)C(=O)N[C@H](C)c2ccccc2)S(C)(=O)=O)c1. The van der Waals surface area contributed by atoms with Crippen molar-refractivity contribution in [2.24, 2.45) is 0 Å². The fourth-order valence-electron chi connectivity index (χ4n) is 2.91. The number of hydrogen-bond acceptors (Lipinski definition) is 5. The molecule has 0 aliphatic carbocycles. The summed E-state index contributed by atoms with van der Waals surface area (Å²) < 4.78 is 36.7. The summed E-state index contributed by atoms with van der Waals surface area (Å²) in [5, 5.41) is 2.87. The lowest BCUT2D eigenvalue weighted by molar-refractivity contribution is -0.122. The number of nitrogens with one attached hydrogen (secondary N) is 1. The molecular formula is C20H26N2O5S. The molecule has 7 nitrogen and oxygen atoms in total. The van der Waals surface area contributed by atoms with E-state index in [0.717, 1.165) is 16.1 Å². The highest BCUT2D eigenvalue weighted by atomic mass is 32.2. The van der Waals surface area contributed by atoms with E-state index in [4.69, 9.17) is 9.47 Å². The molecule has 0 saturated heterocycles. The molecule has 0 unspecified atom stereocenters. The second-order valence-corrected chi connectivity index (χ2v) is 8.27. The van der Waals surface area contributed by atoms with E-state index >= 15 is 0 Å². The Kier molecular flexibility index (Phi) is 6.90. The number of benzene rings is 2. The molecule has 2 aromatic carbocycles. The molecule has 0 fully saturated rings. The van der Waals surface area contributed by atoms with Gasteiger partial charge in [-0.3, -0.25) is 9.10 Å². The molecule has 2 aromatic rings. The monoisotopic (exact) mass is 406 g/mol. The lowest BCUT2D eigenvalue weighted by Crippen LogP contribution is -2.48. The molecule has 152 valence electrons. The van der Waals surface area contributed by atoms with Gasteiger partial charge in [-0.2, -0.15) is 0 Å². The molecular weight excluding hydrogens is 380 g/mol. The molecule has 0 heterocycles. The maximum absolute atomic E-state index is 12.9. The van der Waals surface area contributed by atoms with Crippen molar-refractivity contribution in [3.63, 3.8) is 0 Å². The lowest BCUT2D eigenvalue weighted by Gasteiger charge is -2.30. The molecule has 0 saturated carbocycles. The lowest BCUT2D eigenvalue weighted by atomic mass is 10.1. The molecule has 0 aliphatic rings. The van der Waals surface area contributed by atoms with Crippen LogP contribution in [0.3, 0.4) is 0 Å². The number of nitrogens with zero attached hydrogens (tertiary/aromatic N) is 1. The highest BCUT2D eigenvalue weighted by Gasteiger charge is 2.32. The zero-order chi connectivity index (χ0) is 20.9. The Balaban J connectivity index is 2.37. The third kappa shape index (κ3) is 4.95. The molecule has 8 heteroatoms. The van der Waals surface area contributed by atoms with Crippen LogP contribution in [0.15, 0.2) is 48.5 Å². The first-order valence-electron chi connectivity index (χ1n) is 8.75. The smallest absolute Gasteiger partial charge is 0.244 e. The summed E-state index contributed by atoms with van der Waals surface area (Å²) in [4.78, 5) is 12.9. The number of hydrogen-bond donors (Lipinski definition) is 1. The summed E-state index contributed by atoms with van der Waals surface area (Å²) in [6, 6.07) is 13.0. The Morgan fingerprint density at radius 1 is 1.04 bits per heavy atom. The normalized spacial score (nSPS) is 13.3. The molecule has 0 aromatic heterocycles. The van der Waals surface area contributed by atoms with Gasteiger partial charge in [0.25, 0.3) is 0 Å². The molecule has 28 heavy (non-hydrogen) atoms. The van der Waals surface area contributed by atoms with Gasteiger partial charge >= 0.3 is 0 Å². The molecule has 1 amide bonds. The van der Waals surface area contributed by atoms with Crippen LogP contribution in [0.5, 0.6) is 11.5 Å². The van der Waals surface area contributed by atoms with Crippen LogP contribution in [0, 0.1) is 0 Å². The van der Waals surface area contributed by atoms with Gasteiger partial charge < -0.3 is 14.8 Å². The van der Waals surface area contributed by atoms with E-state index in [1.54, 1.807) is 12.1 Å². The molecule has 0 radical (unpaired) electrons. The molecule has 0 aliphatic heterocycles. The number of rotatable bonds is 8. The van der Waals surface area contributed by atoms with E-state index in [1.165, 1.54) is 27.2 Å². The van der Waals surface area contributed by atoms with Gasteiger partial charge in [-0.25, -0.2) is 8.42 Å². The summed E-state index contributed by atoms with van der Waals surface area (Å²) in [6.07, 6.45) is 1.05. The van der Waals surface area contributed by atoms with E-state index in [-0.39, 0.29) is 11.7 Å². The van der Waals surface area contributed by atoms with Crippen LogP contribution in [0.2, 0.25) is 0 Å². The number of ether oxygens (including phenoxy) is 2. The highest BCUT2D eigenvalue weighted by molar-refractivity contribution is 7.92. The van der Waals surface area contributed by atoms with Crippen molar-refractivity contribution in [1.82, 2.24) is 5.32 Å². The number of sulfonamides is 1. The standard InChI is InChI=1S/C20H26N2O5S/c1-14(16-9-7-6-8-10-16)21-20(23)15(2)22(28(5,24)25)18-13-17(26-3)11-12-19(18)27-4/h6-15H,1-5H3,(H,21,23)/t14-,15-/m1/s1. The zero-order valence-corrected chi connectivity index (χ0v) is 17.5. The van der Waals surface area contributed by atoms with Crippen LogP contribution < -0.4 is 19.1 Å². The second kappa shape index (κ2) is 8.97. The largest absolute Gasteiger partial charge is 0.497 e. The van der Waals surface area contributed by atoms with E-state index < -0.39 is 22.0 Å². The van der Waals surface area contributed by atoms with E-state index in [1.807, 2.05) is 37.3 Å². The highest BCUT2D eigenvalue weighted by Crippen LogP contribution is 2.35. The van der Waals surface area contributed by atoms with Crippen LogP contribution >= 0.6 is 0 Å². The predicted molar refractivity (Wildman–Crippen MR) is 109 cm³/mol. The van der Waals surface area contributed by atoms with Gasteiger partial charge in [-0.1, -0.05) is 30.3 Å². The summed E-state index contributed by atoms with van der Waals surface area (Å²) >= 11 is 0. The van der Waals surface area contributed by atoms with Crippen LogP contribution in [-0.4, -0.2) is 40.8 Å². The van der Waals surface area contributed by atoms with Crippen LogP contribution in [-0.2, 0) is 14.8 Å². The van der Waals surface area contributed by atoms with E-state index in [0.29, 0.717) is 11.5 Å². The first-order valence-corrected chi connectivity index (χ1v) is 10.6. The Labute approximate surface area is 166 Å². The Bertz CT molecular complexity index is 915. The molecule has 1 N–H and O–H groups in total. The maximum Gasteiger partial charge on any atom is 0.244 e. The number of amides is 1. The molecule has 0 spiro atoms. The van der Waals surface area contributed by atoms with Crippen molar-refractivity contribution in [2.45, 2.75) is 25.9 Å². The van der Waals surface area contributed by atoms with Crippen molar-refractivity contribution in [3.8, 4) is 11.5 Å². The first-order chi connectivity index (χ1) is 13.2. The van der Waals surface area contributed by atoms with Crippen molar-refractivity contribution >= 4 is 21.6 Å². The zero-order valence-electron chi connectivity index (χ0n) is 16.7. The van der Waals surface area contributed by atoms with Gasteiger partial charge in [-0.05, 0) is 31.5 Å². The third-order valence-electron chi connectivity index (χ3n) is 4.37. The van der Waals surface area contributed by atoms with Gasteiger partial charge in [-0.15, -0.1) is 0 Å². The van der Waals surface area contributed by atoms with Crippen molar-refractivity contribution < 1.29 is 22.7 Å². The Morgan fingerprint density at radius 3 is 2.21 bits per heavy atom. The summed E-state index contributed by atoms with van der Waals surface area (Å²) in [6.45, 7) is 3.38. The van der Waals surface area contributed by atoms with Gasteiger partial charge in [0, 0.05) is 6.07 Å². The molecule has 0 bridgehead atoms. The predicted octanol–water partition coefficient (Wildman–Crippen LogP) is 2.74. The van der Waals surface area contributed by atoms with Crippen LogP contribution in [0.4, 0.5) is 5.69 Å². The number of carbonyl (C=O) groups excluding carboxylic acids is 1. The number of anilines is 1. The van der Waals surface area contributed by atoms with Crippen molar-refractivity contribution in [3.05, 3.63) is 54.1 Å². The van der Waals surface area contributed by atoms with Crippen molar-refractivity contribution in [1.29, 1.82) is 0 Å². The van der Waals surface area contributed by atoms with E-state index in [9.17, 15) is 13.2 Å². The maximum atomic E-state index is 12.9. The van der Waals surface area contributed by atoms with Gasteiger partial charge in [0.2, 0.25) is 15.9 Å². The molecule has 2 rings (SSSR count). The first kappa shape index (κ1) is 21.6. The minimum Gasteiger partial charge on any atom is -0.497 e. The van der Waals surface area contributed by atoms with Gasteiger partial charge in [0.15, 0.2) is 0 Å². The average Bonchev–Trinajstić information content (AvgIpc) is 2.67. The van der Waals surface area contributed by atoms with Gasteiger partial charge in [0.05, 0.1) is 32.2 Å². The third-order valence-corrected chi connectivity index (χ3v) is 5.60. The quantitative estimate of drug-likeness (QED) is 0.729. The fraction of sp³-hybridized carbons (Fsp3) is 0.350. The second-order valence-electron chi connectivity index (χ2n) is 6.41. The average molecular weight is 407 g/mol. The Morgan fingerprint density at radius 2 is 1.68 bits per heavy atom. The topological polar surface area (TPSA) is 84.9 Å². The van der Waals surface area contributed by atoms with Crippen LogP contribution in [0.1, 0.15) is 25.5 Å². The minimum atomic E-state index is -3.78. The summed E-state index contributed by atoms with van der Waals surface area (Å²) in [5.41, 5.74) is 1.16. The Hall–Kier alpha value is -2.74. The summed E-state index contributed by atoms with van der Waals surface area (Å²) in [7, 11) is -0.865. The fourth-order valence-corrected chi connectivity index (χ4v) is 4.08. The minimum absolute atomic E-state index is 0.236. The number of methoxy groups -OCH3 is 2. The number of carbonyl (C=O) groups is 1. The molecule has 2 atom stereocenters.